The van der Waals surface area contributed by atoms with E-state index in [1.165, 1.54) is 0 Å². The molecule has 0 bridgehead atoms. The van der Waals surface area contributed by atoms with Crippen molar-refractivity contribution in [2.24, 2.45) is 0 Å². The first-order chi connectivity index (χ1) is 9.63. The lowest BCUT2D eigenvalue weighted by Crippen LogP contribution is -2.02. The molecule has 1 aromatic heterocycles. The molecule has 0 aliphatic heterocycles. The number of rotatable bonds is 6. The molecule has 108 valence electrons. The zero-order chi connectivity index (χ0) is 14.5. The summed E-state index contributed by atoms with van der Waals surface area (Å²) in [6.45, 7) is 4.88. The molecule has 5 heteroatoms. The van der Waals surface area contributed by atoms with E-state index in [0.29, 0.717) is 12.6 Å². The molecule has 0 amide bonds. The zero-order valence-corrected chi connectivity index (χ0v) is 12.4. The summed E-state index contributed by atoms with van der Waals surface area (Å²) in [4.78, 5) is 0. The van der Waals surface area contributed by atoms with Crippen LogP contribution in [0.2, 0.25) is 0 Å². The molecule has 0 aliphatic rings. The molecule has 0 unspecified atom stereocenters. The van der Waals surface area contributed by atoms with E-state index in [0.717, 1.165) is 22.7 Å². The van der Waals surface area contributed by atoms with Crippen LogP contribution in [0.3, 0.4) is 0 Å². The third-order valence-corrected chi connectivity index (χ3v) is 3.11. The van der Waals surface area contributed by atoms with Gasteiger partial charge in [-0.2, -0.15) is 5.10 Å². The van der Waals surface area contributed by atoms with Crippen molar-refractivity contribution in [2.45, 2.75) is 26.4 Å². The van der Waals surface area contributed by atoms with Gasteiger partial charge in [0.15, 0.2) is 0 Å². The Balaban J connectivity index is 2.06. The average Bonchev–Trinajstić information content (AvgIpc) is 2.94. The Morgan fingerprint density at radius 3 is 2.65 bits per heavy atom. The predicted molar refractivity (Wildman–Crippen MR) is 79.5 cm³/mol. The minimum absolute atomic E-state index is 0.362. The quantitative estimate of drug-likeness (QED) is 0.880. The van der Waals surface area contributed by atoms with E-state index in [2.05, 4.69) is 24.3 Å². The predicted octanol–water partition coefficient (Wildman–Crippen LogP) is 3.09. The van der Waals surface area contributed by atoms with E-state index in [9.17, 15) is 0 Å². The lowest BCUT2D eigenvalue weighted by Gasteiger charge is -2.11. The van der Waals surface area contributed by atoms with E-state index in [1.807, 2.05) is 35.3 Å². The first kappa shape index (κ1) is 14.2. The van der Waals surface area contributed by atoms with Crippen molar-refractivity contribution in [1.29, 1.82) is 0 Å². The van der Waals surface area contributed by atoms with Gasteiger partial charge in [0, 0.05) is 30.4 Å². The summed E-state index contributed by atoms with van der Waals surface area (Å²) in [5.74, 6) is 1.60. The van der Waals surface area contributed by atoms with Crippen molar-refractivity contribution in [1.82, 2.24) is 9.78 Å². The van der Waals surface area contributed by atoms with Crippen LogP contribution in [-0.4, -0.2) is 24.0 Å². The molecule has 2 rings (SSSR count). The Morgan fingerprint density at radius 1 is 1.25 bits per heavy atom. The van der Waals surface area contributed by atoms with Gasteiger partial charge in [0.05, 0.1) is 26.1 Å². The molecule has 0 saturated heterocycles. The van der Waals surface area contributed by atoms with Crippen molar-refractivity contribution in [3.05, 3.63) is 36.2 Å². The molecule has 0 radical (unpaired) electrons. The lowest BCUT2D eigenvalue weighted by atomic mass is 10.2. The highest BCUT2D eigenvalue weighted by Gasteiger charge is 2.06. The highest BCUT2D eigenvalue weighted by molar-refractivity contribution is 5.45. The average molecular weight is 275 g/mol. The summed E-state index contributed by atoms with van der Waals surface area (Å²) in [5, 5.41) is 7.65. The minimum atomic E-state index is 0.362. The van der Waals surface area contributed by atoms with Gasteiger partial charge in [0.2, 0.25) is 0 Å². The number of nitrogens with one attached hydrogen (secondary N) is 1. The van der Waals surface area contributed by atoms with E-state index < -0.39 is 0 Å². The van der Waals surface area contributed by atoms with Crippen molar-refractivity contribution in [3.8, 4) is 11.5 Å². The first-order valence-corrected chi connectivity index (χ1v) is 6.63. The Hall–Kier alpha value is -2.17. The van der Waals surface area contributed by atoms with Crippen LogP contribution >= 0.6 is 0 Å². The number of hydrogen-bond acceptors (Lipinski definition) is 4. The molecule has 20 heavy (non-hydrogen) atoms. The monoisotopic (exact) mass is 275 g/mol. The number of benzene rings is 1. The minimum Gasteiger partial charge on any atom is -0.497 e. The number of ether oxygens (including phenoxy) is 2. The summed E-state index contributed by atoms with van der Waals surface area (Å²) < 4.78 is 12.5. The third-order valence-electron chi connectivity index (χ3n) is 3.11. The summed E-state index contributed by atoms with van der Waals surface area (Å²) in [6.07, 6.45) is 3.83. The third kappa shape index (κ3) is 3.23. The van der Waals surface area contributed by atoms with Gasteiger partial charge in [-0.15, -0.1) is 0 Å². The molecule has 2 aromatic rings. The van der Waals surface area contributed by atoms with E-state index in [1.54, 1.807) is 14.2 Å². The highest BCUT2D eigenvalue weighted by Crippen LogP contribution is 2.25. The van der Waals surface area contributed by atoms with Gasteiger partial charge in [-0.25, -0.2) is 0 Å². The standard InChI is InChI=1S/C15H21N3O2/c1-11(2)18-10-13(9-17-18)16-8-12-5-6-14(19-3)7-15(12)20-4/h5-7,9-11,16H,8H2,1-4H3. The molecule has 1 aromatic carbocycles. The van der Waals surface area contributed by atoms with E-state index >= 15 is 0 Å². The second-order valence-corrected chi connectivity index (χ2v) is 4.83. The van der Waals surface area contributed by atoms with Crippen LogP contribution in [0.1, 0.15) is 25.5 Å². The summed E-state index contributed by atoms with van der Waals surface area (Å²) >= 11 is 0. The lowest BCUT2D eigenvalue weighted by molar-refractivity contribution is 0.391. The molecule has 5 nitrogen and oxygen atoms in total. The van der Waals surface area contributed by atoms with Crippen molar-refractivity contribution in [2.75, 3.05) is 19.5 Å². The molecule has 0 fully saturated rings. The van der Waals surface area contributed by atoms with Crippen LogP contribution in [0.5, 0.6) is 11.5 Å². The zero-order valence-electron chi connectivity index (χ0n) is 12.4. The maximum absolute atomic E-state index is 5.38. The fourth-order valence-corrected chi connectivity index (χ4v) is 1.91. The summed E-state index contributed by atoms with van der Waals surface area (Å²) in [5.41, 5.74) is 2.07. The van der Waals surface area contributed by atoms with Crippen molar-refractivity contribution < 1.29 is 9.47 Å². The number of hydrogen-bond donors (Lipinski definition) is 1. The SMILES string of the molecule is COc1ccc(CNc2cnn(C(C)C)c2)c(OC)c1. The van der Waals surface area contributed by atoms with Gasteiger partial charge < -0.3 is 14.8 Å². The molecule has 0 saturated carbocycles. The normalized spacial score (nSPS) is 10.7. The van der Waals surface area contributed by atoms with Crippen LogP contribution in [0.15, 0.2) is 30.6 Å². The van der Waals surface area contributed by atoms with Gasteiger partial charge in [-0.3, -0.25) is 4.68 Å². The fraction of sp³-hybridized carbons (Fsp3) is 0.400. The van der Waals surface area contributed by atoms with E-state index in [-0.39, 0.29) is 0 Å². The molecule has 0 atom stereocenters. The Morgan fingerprint density at radius 2 is 2.05 bits per heavy atom. The smallest absolute Gasteiger partial charge is 0.127 e. The van der Waals surface area contributed by atoms with Crippen molar-refractivity contribution >= 4 is 5.69 Å². The number of anilines is 1. The Bertz CT molecular complexity index is 564. The van der Waals surface area contributed by atoms with Crippen LogP contribution in [0, 0.1) is 0 Å². The van der Waals surface area contributed by atoms with Crippen LogP contribution in [-0.2, 0) is 6.54 Å². The van der Waals surface area contributed by atoms with Crippen LogP contribution < -0.4 is 14.8 Å². The van der Waals surface area contributed by atoms with Crippen LogP contribution in [0.25, 0.3) is 0 Å². The first-order valence-electron chi connectivity index (χ1n) is 6.63. The van der Waals surface area contributed by atoms with Gasteiger partial charge in [-0.05, 0) is 26.0 Å². The Kier molecular flexibility index (Phi) is 4.50. The fourth-order valence-electron chi connectivity index (χ4n) is 1.91. The van der Waals surface area contributed by atoms with Crippen molar-refractivity contribution in [3.63, 3.8) is 0 Å². The van der Waals surface area contributed by atoms with Gasteiger partial charge in [0.1, 0.15) is 11.5 Å². The summed E-state index contributed by atoms with van der Waals surface area (Å²) in [6, 6.07) is 6.17. The van der Waals surface area contributed by atoms with Gasteiger partial charge >= 0.3 is 0 Å². The Labute approximate surface area is 119 Å². The largest absolute Gasteiger partial charge is 0.497 e. The molecular weight excluding hydrogens is 254 g/mol. The number of methoxy groups -OCH3 is 2. The molecule has 0 aliphatic carbocycles. The number of aromatic nitrogens is 2. The molecule has 1 N–H and O–H groups in total. The van der Waals surface area contributed by atoms with Gasteiger partial charge in [-0.1, -0.05) is 0 Å². The highest BCUT2D eigenvalue weighted by atomic mass is 16.5. The summed E-state index contributed by atoms with van der Waals surface area (Å²) in [7, 11) is 3.31. The molecule has 1 heterocycles. The van der Waals surface area contributed by atoms with Crippen LogP contribution in [0.4, 0.5) is 5.69 Å². The topological polar surface area (TPSA) is 48.3 Å². The second kappa shape index (κ2) is 6.32. The molecule has 0 spiro atoms. The number of nitrogens with zero attached hydrogens (tertiary/aromatic N) is 2. The van der Waals surface area contributed by atoms with E-state index in [4.69, 9.17) is 9.47 Å². The second-order valence-electron chi connectivity index (χ2n) is 4.83. The van der Waals surface area contributed by atoms with Gasteiger partial charge in [0.25, 0.3) is 0 Å². The maximum atomic E-state index is 5.38. The maximum Gasteiger partial charge on any atom is 0.127 e. The molecular formula is C15H21N3O2.